The predicted octanol–water partition coefficient (Wildman–Crippen LogP) is 0.157. The van der Waals surface area contributed by atoms with Crippen molar-refractivity contribution in [1.29, 1.82) is 0 Å². The molecule has 1 N–H and O–H groups in total. The maximum atomic E-state index is 11.0. The van der Waals surface area contributed by atoms with Crippen LogP contribution in [0.2, 0.25) is 0 Å². The number of rotatable bonds is 1. The molecule has 0 aromatic heterocycles. The number of carbonyl (C=O) groups is 2. The van der Waals surface area contributed by atoms with Crippen LogP contribution in [0, 0.1) is 0 Å². The van der Waals surface area contributed by atoms with E-state index in [0.29, 0.717) is 6.42 Å². The first-order chi connectivity index (χ1) is 5.59. The zero-order valence-corrected chi connectivity index (χ0v) is 6.74. The fourth-order valence-corrected chi connectivity index (χ4v) is 0.999. The Balaban J connectivity index is 2.71. The Hall–Kier alpha value is -1.16. The molecular weight excluding hydrogens is 160 g/mol. The minimum absolute atomic E-state index is 0.0266. The zero-order valence-electron chi connectivity index (χ0n) is 6.74. The number of hydrogen-bond acceptors (Lipinski definition) is 4. The van der Waals surface area contributed by atoms with Crippen LogP contribution in [0.1, 0.15) is 19.8 Å². The van der Waals surface area contributed by atoms with Gasteiger partial charge in [0.05, 0.1) is 6.10 Å². The number of ketones is 1. The normalized spacial score (nSPS) is 23.3. The topological polar surface area (TPSA) is 63.6 Å². The molecule has 0 amide bonds. The van der Waals surface area contributed by atoms with Crippen LogP contribution in [-0.2, 0) is 14.3 Å². The number of Topliss-reactive ketones (excluding diaryl/α,β-unsaturated/α-hetero) is 1. The van der Waals surface area contributed by atoms with Gasteiger partial charge in [0.15, 0.2) is 11.5 Å². The second-order valence-electron chi connectivity index (χ2n) is 2.65. The SMILES string of the molecule is CC(=O)OC1=CC(O)CCC1=O. The molecule has 0 radical (unpaired) electrons. The molecule has 1 aliphatic rings. The van der Waals surface area contributed by atoms with Gasteiger partial charge in [-0.2, -0.15) is 0 Å². The van der Waals surface area contributed by atoms with Gasteiger partial charge in [0, 0.05) is 13.3 Å². The van der Waals surface area contributed by atoms with Gasteiger partial charge in [0.1, 0.15) is 0 Å². The molecule has 0 aromatic carbocycles. The summed E-state index contributed by atoms with van der Waals surface area (Å²) in [5.74, 6) is -0.791. The molecule has 0 fully saturated rings. The molecule has 1 rings (SSSR count). The minimum Gasteiger partial charge on any atom is -0.423 e. The monoisotopic (exact) mass is 170 g/mol. The van der Waals surface area contributed by atoms with Crippen LogP contribution >= 0.6 is 0 Å². The predicted molar refractivity (Wildman–Crippen MR) is 40.1 cm³/mol. The highest BCUT2D eigenvalue weighted by atomic mass is 16.5. The van der Waals surface area contributed by atoms with Crippen LogP contribution in [0.15, 0.2) is 11.8 Å². The molecule has 4 heteroatoms. The average Bonchev–Trinajstić information content (AvgIpc) is 1.96. The molecule has 0 saturated heterocycles. The van der Waals surface area contributed by atoms with Gasteiger partial charge in [-0.25, -0.2) is 0 Å². The van der Waals surface area contributed by atoms with Crippen molar-refractivity contribution in [3.63, 3.8) is 0 Å². The van der Waals surface area contributed by atoms with Crippen molar-refractivity contribution in [2.24, 2.45) is 0 Å². The Morgan fingerprint density at radius 3 is 3.00 bits per heavy atom. The summed E-state index contributed by atoms with van der Waals surface area (Å²) in [7, 11) is 0. The number of aliphatic hydroxyl groups excluding tert-OH is 1. The summed E-state index contributed by atoms with van der Waals surface area (Å²) in [4.78, 5) is 21.5. The van der Waals surface area contributed by atoms with E-state index in [4.69, 9.17) is 5.11 Å². The number of carbonyl (C=O) groups excluding carboxylic acids is 2. The molecule has 12 heavy (non-hydrogen) atoms. The van der Waals surface area contributed by atoms with Crippen LogP contribution in [0.4, 0.5) is 0 Å². The molecule has 0 heterocycles. The van der Waals surface area contributed by atoms with E-state index in [1.54, 1.807) is 0 Å². The number of ether oxygens (including phenoxy) is 1. The van der Waals surface area contributed by atoms with Crippen molar-refractivity contribution >= 4 is 11.8 Å². The van der Waals surface area contributed by atoms with E-state index in [0.717, 1.165) is 0 Å². The smallest absolute Gasteiger partial charge is 0.308 e. The molecule has 66 valence electrons. The van der Waals surface area contributed by atoms with Crippen molar-refractivity contribution < 1.29 is 19.4 Å². The number of aliphatic hydroxyl groups is 1. The molecular formula is C8H10O4. The second kappa shape index (κ2) is 3.49. The fourth-order valence-electron chi connectivity index (χ4n) is 0.999. The second-order valence-corrected chi connectivity index (χ2v) is 2.65. The fraction of sp³-hybridized carbons (Fsp3) is 0.500. The van der Waals surface area contributed by atoms with Gasteiger partial charge in [-0.1, -0.05) is 0 Å². The van der Waals surface area contributed by atoms with E-state index in [2.05, 4.69) is 4.74 Å². The van der Waals surface area contributed by atoms with Gasteiger partial charge >= 0.3 is 5.97 Å². The van der Waals surface area contributed by atoms with Gasteiger partial charge in [-0.05, 0) is 12.5 Å². The van der Waals surface area contributed by atoms with Crippen molar-refractivity contribution in [1.82, 2.24) is 0 Å². The summed E-state index contributed by atoms with van der Waals surface area (Å²) in [6.45, 7) is 1.22. The standard InChI is InChI=1S/C8H10O4/c1-5(9)12-8-4-6(10)2-3-7(8)11/h4,6,10H,2-3H2,1H3. The Morgan fingerprint density at radius 1 is 1.75 bits per heavy atom. The lowest BCUT2D eigenvalue weighted by Gasteiger charge is -2.14. The molecule has 0 aliphatic heterocycles. The largest absolute Gasteiger partial charge is 0.423 e. The Morgan fingerprint density at radius 2 is 2.42 bits per heavy atom. The summed E-state index contributed by atoms with van der Waals surface area (Å²) in [6, 6.07) is 0. The maximum Gasteiger partial charge on any atom is 0.308 e. The summed E-state index contributed by atoms with van der Waals surface area (Å²) in [5.41, 5.74) is 0. The Kier molecular flexibility index (Phi) is 2.60. The highest BCUT2D eigenvalue weighted by Gasteiger charge is 2.21. The average molecular weight is 170 g/mol. The van der Waals surface area contributed by atoms with Crippen molar-refractivity contribution in [2.75, 3.05) is 0 Å². The summed E-state index contributed by atoms with van der Waals surface area (Å²) < 4.78 is 4.59. The van der Waals surface area contributed by atoms with Crippen molar-refractivity contribution in [3.05, 3.63) is 11.8 Å². The van der Waals surface area contributed by atoms with Gasteiger partial charge in [-0.3, -0.25) is 9.59 Å². The summed E-state index contributed by atoms with van der Waals surface area (Å²) in [6.07, 6.45) is 1.24. The third-order valence-corrected chi connectivity index (χ3v) is 1.54. The lowest BCUT2D eigenvalue weighted by atomic mass is 10.0. The van der Waals surface area contributed by atoms with Crippen LogP contribution in [0.3, 0.4) is 0 Å². The van der Waals surface area contributed by atoms with Crippen LogP contribution < -0.4 is 0 Å². The van der Waals surface area contributed by atoms with Crippen molar-refractivity contribution in [3.8, 4) is 0 Å². The summed E-state index contributed by atoms with van der Waals surface area (Å²) >= 11 is 0. The van der Waals surface area contributed by atoms with Gasteiger partial charge < -0.3 is 9.84 Å². The van der Waals surface area contributed by atoms with Crippen LogP contribution in [0.5, 0.6) is 0 Å². The maximum absolute atomic E-state index is 11.0. The molecule has 1 aliphatic carbocycles. The van der Waals surface area contributed by atoms with Crippen molar-refractivity contribution in [2.45, 2.75) is 25.9 Å². The van der Waals surface area contributed by atoms with Crippen LogP contribution in [0.25, 0.3) is 0 Å². The molecule has 1 atom stereocenters. The quantitative estimate of drug-likeness (QED) is 0.569. The first kappa shape index (κ1) is 8.93. The molecule has 0 saturated carbocycles. The lowest BCUT2D eigenvalue weighted by molar-refractivity contribution is -0.140. The van der Waals surface area contributed by atoms with E-state index >= 15 is 0 Å². The molecule has 1 unspecified atom stereocenters. The van der Waals surface area contributed by atoms with Gasteiger partial charge in [-0.15, -0.1) is 0 Å². The van der Waals surface area contributed by atoms with E-state index < -0.39 is 12.1 Å². The van der Waals surface area contributed by atoms with E-state index in [1.165, 1.54) is 13.0 Å². The summed E-state index contributed by atoms with van der Waals surface area (Å²) in [5, 5.41) is 9.09. The highest BCUT2D eigenvalue weighted by Crippen LogP contribution is 2.15. The van der Waals surface area contributed by atoms with E-state index in [-0.39, 0.29) is 18.0 Å². The Labute approximate surface area is 69.8 Å². The number of allylic oxidation sites excluding steroid dienone is 1. The lowest BCUT2D eigenvalue weighted by Crippen LogP contribution is -2.19. The molecule has 4 nitrogen and oxygen atoms in total. The molecule has 0 spiro atoms. The molecule has 0 aromatic rings. The van der Waals surface area contributed by atoms with Crippen LogP contribution in [-0.4, -0.2) is 23.0 Å². The minimum atomic E-state index is -0.669. The van der Waals surface area contributed by atoms with Gasteiger partial charge in [0.2, 0.25) is 0 Å². The highest BCUT2D eigenvalue weighted by molar-refractivity contribution is 5.96. The third-order valence-electron chi connectivity index (χ3n) is 1.54. The molecule has 0 bridgehead atoms. The van der Waals surface area contributed by atoms with Gasteiger partial charge in [0.25, 0.3) is 0 Å². The first-order valence-electron chi connectivity index (χ1n) is 3.71. The number of hydrogen-bond donors (Lipinski definition) is 1. The number of esters is 1. The third kappa shape index (κ3) is 2.17. The van der Waals surface area contributed by atoms with E-state index in [1.807, 2.05) is 0 Å². The van der Waals surface area contributed by atoms with E-state index in [9.17, 15) is 9.59 Å². The first-order valence-corrected chi connectivity index (χ1v) is 3.71. The Bertz CT molecular complexity index is 241. The zero-order chi connectivity index (χ0) is 9.14.